The van der Waals surface area contributed by atoms with Crippen LogP contribution in [0.4, 0.5) is 0 Å². The van der Waals surface area contributed by atoms with Crippen LogP contribution < -0.4 is 16.3 Å². The molecule has 126 valence electrons. The molecule has 1 heterocycles. The van der Waals surface area contributed by atoms with E-state index in [1.165, 1.54) is 17.3 Å². The summed E-state index contributed by atoms with van der Waals surface area (Å²) in [5.74, 6) is -0.549. The smallest absolute Gasteiger partial charge is 0.260 e. The first-order chi connectivity index (χ1) is 11.6. The first kappa shape index (κ1) is 16.2. The molecule has 1 aliphatic rings. The van der Waals surface area contributed by atoms with E-state index in [0.717, 1.165) is 25.7 Å². The highest BCUT2D eigenvalue weighted by atomic mass is 16.2. The molecule has 0 bridgehead atoms. The van der Waals surface area contributed by atoms with Crippen LogP contribution in [-0.2, 0) is 16.1 Å². The Bertz CT molecular complexity index is 809. The van der Waals surface area contributed by atoms with Gasteiger partial charge in [0, 0.05) is 11.3 Å². The summed E-state index contributed by atoms with van der Waals surface area (Å²) in [5.41, 5.74) is 5.32. The van der Waals surface area contributed by atoms with Crippen molar-refractivity contribution in [2.24, 2.45) is 5.92 Å². The van der Waals surface area contributed by atoms with Gasteiger partial charge in [-0.2, -0.15) is 5.10 Å². The SMILES string of the molecule is O=C(Cn1ncc(=O)c2ccccc21)NNC(=O)C1CCCCC1. The van der Waals surface area contributed by atoms with E-state index >= 15 is 0 Å². The molecule has 2 N–H and O–H groups in total. The quantitative estimate of drug-likeness (QED) is 0.826. The highest BCUT2D eigenvalue weighted by molar-refractivity contribution is 5.84. The third-order valence-corrected chi connectivity index (χ3v) is 4.36. The van der Waals surface area contributed by atoms with Crippen LogP contribution in [0, 0.1) is 5.92 Å². The molecule has 2 amide bonds. The zero-order chi connectivity index (χ0) is 16.9. The summed E-state index contributed by atoms with van der Waals surface area (Å²) >= 11 is 0. The molecule has 0 aliphatic heterocycles. The molecule has 0 unspecified atom stereocenters. The van der Waals surface area contributed by atoms with Crippen LogP contribution in [0.15, 0.2) is 35.3 Å². The van der Waals surface area contributed by atoms with Gasteiger partial charge >= 0.3 is 0 Å². The van der Waals surface area contributed by atoms with E-state index in [-0.39, 0.29) is 29.7 Å². The van der Waals surface area contributed by atoms with Crippen LogP contribution in [0.5, 0.6) is 0 Å². The first-order valence-electron chi connectivity index (χ1n) is 8.19. The fraction of sp³-hybridized carbons (Fsp3) is 0.412. The molecule has 3 rings (SSSR count). The Balaban J connectivity index is 1.62. The van der Waals surface area contributed by atoms with Gasteiger partial charge < -0.3 is 0 Å². The van der Waals surface area contributed by atoms with E-state index in [1.807, 2.05) is 0 Å². The molecule has 1 aromatic carbocycles. The molecular formula is C17H20N4O3. The Morgan fingerprint density at radius 3 is 2.67 bits per heavy atom. The molecule has 0 atom stereocenters. The second-order valence-electron chi connectivity index (χ2n) is 6.06. The van der Waals surface area contributed by atoms with Gasteiger partial charge in [0.1, 0.15) is 6.54 Å². The summed E-state index contributed by atoms with van der Waals surface area (Å²) in [5, 5.41) is 4.50. The fourth-order valence-corrected chi connectivity index (χ4v) is 3.06. The number of hydrazine groups is 1. The van der Waals surface area contributed by atoms with Crippen molar-refractivity contribution in [2.45, 2.75) is 38.6 Å². The summed E-state index contributed by atoms with van der Waals surface area (Å²) in [6, 6.07) is 6.97. The number of nitrogens with one attached hydrogen (secondary N) is 2. The van der Waals surface area contributed by atoms with Gasteiger partial charge in [-0.25, -0.2) is 0 Å². The molecule has 1 aromatic heterocycles. The Hall–Kier alpha value is -2.70. The molecule has 7 nitrogen and oxygen atoms in total. The number of amides is 2. The van der Waals surface area contributed by atoms with Crippen molar-refractivity contribution in [2.75, 3.05) is 0 Å². The standard InChI is InChI=1S/C17H20N4O3/c22-15-10-18-21(14-9-5-4-8-13(14)15)11-16(23)19-20-17(24)12-6-2-1-3-7-12/h4-5,8-10,12H,1-3,6-7,11H2,(H,19,23)(H,20,24). The monoisotopic (exact) mass is 328 g/mol. The molecule has 24 heavy (non-hydrogen) atoms. The number of aromatic nitrogens is 2. The molecular weight excluding hydrogens is 308 g/mol. The van der Waals surface area contributed by atoms with Gasteiger partial charge in [0.05, 0.1) is 11.7 Å². The van der Waals surface area contributed by atoms with Crippen molar-refractivity contribution in [3.8, 4) is 0 Å². The molecule has 1 fully saturated rings. The van der Waals surface area contributed by atoms with E-state index in [9.17, 15) is 14.4 Å². The van der Waals surface area contributed by atoms with Gasteiger partial charge in [0.25, 0.3) is 5.91 Å². The number of hydrogen-bond donors (Lipinski definition) is 2. The van der Waals surface area contributed by atoms with Crippen molar-refractivity contribution in [3.63, 3.8) is 0 Å². The highest BCUT2D eigenvalue weighted by Crippen LogP contribution is 2.23. The Labute approximate surface area is 139 Å². The maximum Gasteiger partial charge on any atom is 0.260 e. The van der Waals surface area contributed by atoms with Crippen LogP contribution in [0.2, 0.25) is 0 Å². The van der Waals surface area contributed by atoms with Crippen LogP contribution in [0.25, 0.3) is 10.9 Å². The van der Waals surface area contributed by atoms with Gasteiger partial charge in [-0.05, 0) is 25.0 Å². The minimum atomic E-state index is -0.388. The minimum Gasteiger partial charge on any atom is -0.287 e. The molecule has 0 radical (unpaired) electrons. The van der Waals surface area contributed by atoms with Crippen molar-refractivity contribution in [3.05, 3.63) is 40.7 Å². The lowest BCUT2D eigenvalue weighted by molar-refractivity contribution is -0.132. The van der Waals surface area contributed by atoms with E-state index in [2.05, 4.69) is 16.0 Å². The lowest BCUT2D eigenvalue weighted by Crippen LogP contribution is -2.46. The zero-order valence-corrected chi connectivity index (χ0v) is 13.3. The molecule has 1 aliphatic carbocycles. The van der Waals surface area contributed by atoms with E-state index in [4.69, 9.17) is 0 Å². The Morgan fingerprint density at radius 2 is 1.88 bits per heavy atom. The van der Waals surface area contributed by atoms with Crippen molar-refractivity contribution < 1.29 is 9.59 Å². The number of carbonyl (C=O) groups excluding carboxylic acids is 2. The Morgan fingerprint density at radius 1 is 1.12 bits per heavy atom. The largest absolute Gasteiger partial charge is 0.287 e. The van der Waals surface area contributed by atoms with Gasteiger partial charge in [-0.15, -0.1) is 0 Å². The average molecular weight is 328 g/mol. The van der Waals surface area contributed by atoms with Crippen LogP contribution >= 0.6 is 0 Å². The van der Waals surface area contributed by atoms with Crippen LogP contribution in [-0.4, -0.2) is 21.6 Å². The molecule has 0 spiro atoms. The van der Waals surface area contributed by atoms with E-state index in [1.54, 1.807) is 24.3 Å². The first-order valence-corrected chi connectivity index (χ1v) is 8.19. The number of nitrogens with zero attached hydrogens (tertiary/aromatic N) is 2. The third kappa shape index (κ3) is 3.61. The highest BCUT2D eigenvalue weighted by Gasteiger charge is 2.21. The number of carbonyl (C=O) groups is 2. The van der Waals surface area contributed by atoms with Crippen molar-refractivity contribution in [1.29, 1.82) is 0 Å². The third-order valence-electron chi connectivity index (χ3n) is 4.36. The van der Waals surface area contributed by atoms with Crippen LogP contribution in [0.3, 0.4) is 0 Å². The second kappa shape index (κ2) is 7.25. The van der Waals surface area contributed by atoms with E-state index in [0.29, 0.717) is 10.9 Å². The normalized spacial score (nSPS) is 15.2. The van der Waals surface area contributed by atoms with Gasteiger partial charge in [-0.1, -0.05) is 31.4 Å². The van der Waals surface area contributed by atoms with Gasteiger partial charge in [0.15, 0.2) is 0 Å². The summed E-state index contributed by atoms with van der Waals surface area (Å²) in [4.78, 5) is 35.9. The average Bonchev–Trinajstić information content (AvgIpc) is 2.63. The number of rotatable bonds is 3. The number of para-hydroxylation sites is 1. The predicted octanol–water partition coefficient (Wildman–Crippen LogP) is 1.12. The van der Waals surface area contributed by atoms with Gasteiger partial charge in [0.2, 0.25) is 11.3 Å². The van der Waals surface area contributed by atoms with Crippen molar-refractivity contribution in [1.82, 2.24) is 20.6 Å². The maximum atomic E-state index is 12.1. The second-order valence-corrected chi connectivity index (χ2v) is 6.06. The molecule has 1 saturated carbocycles. The lowest BCUT2D eigenvalue weighted by Gasteiger charge is -2.20. The number of fused-ring (bicyclic) bond motifs is 1. The lowest BCUT2D eigenvalue weighted by atomic mass is 9.89. The summed E-state index contributed by atoms with van der Waals surface area (Å²) in [7, 11) is 0. The minimum absolute atomic E-state index is 0.0228. The topological polar surface area (TPSA) is 93.1 Å². The molecule has 2 aromatic rings. The van der Waals surface area contributed by atoms with Crippen molar-refractivity contribution >= 4 is 22.7 Å². The number of hydrogen-bond acceptors (Lipinski definition) is 4. The maximum absolute atomic E-state index is 12.1. The fourth-order valence-electron chi connectivity index (χ4n) is 3.06. The Kier molecular flexibility index (Phi) is 4.88. The molecule has 0 saturated heterocycles. The van der Waals surface area contributed by atoms with E-state index < -0.39 is 0 Å². The summed E-state index contributed by atoms with van der Waals surface area (Å²) < 4.78 is 1.44. The molecule has 7 heteroatoms. The zero-order valence-electron chi connectivity index (χ0n) is 13.3. The predicted molar refractivity (Wildman–Crippen MR) is 88.9 cm³/mol. The number of benzene rings is 1. The summed E-state index contributed by atoms with van der Waals surface area (Å²) in [6.07, 6.45) is 6.21. The summed E-state index contributed by atoms with van der Waals surface area (Å²) in [6.45, 7) is -0.0776. The van der Waals surface area contributed by atoms with Gasteiger partial charge in [-0.3, -0.25) is 29.9 Å². The van der Waals surface area contributed by atoms with Crippen LogP contribution in [0.1, 0.15) is 32.1 Å².